The smallest absolute Gasteiger partial charge is 0.490 e. The summed E-state index contributed by atoms with van der Waals surface area (Å²) in [5.41, 5.74) is 3.98. The molecule has 61 heavy (non-hydrogen) atoms. The van der Waals surface area contributed by atoms with Crippen molar-refractivity contribution in [2.75, 3.05) is 90.6 Å². The number of amides is 3. The number of thiazole rings is 1. The Morgan fingerprint density at radius 1 is 1.08 bits per heavy atom. The van der Waals surface area contributed by atoms with Gasteiger partial charge in [-0.25, -0.2) is 9.78 Å². The van der Waals surface area contributed by atoms with Crippen LogP contribution in [0.3, 0.4) is 0 Å². The number of likely N-dealkylation sites (tertiary alicyclic amines) is 1. The van der Waals surface area contributed by atoms with E-state index >= 15 is 0 Å². The van der Waals surface area contributed by atoms with E-state index in [4.69, 9.17) is 24.1 Å². The fourth-order valence-corrected chi connectivity index (χ4v) is 8.03. The fraction of sp³-hybridized carbons (Fsp3) is 0.548. The number of alkyl halides is 3. The van der Waals surface area contributed by atoms with E-state index in [0.717, 1.165) is 43.0 Å². The second-order valence-corrected chi connectivity index (χ2v) is 16.3. The van der Waals surface area contributed by atoms with Gasteiger partial charge in [0.15, 0.2) is 12.4 Å². The van der Waals surface area contributed by atoms with E-state index in [9.17, 15) is 32.7 Å². The number of carbonyl (C=O) groups is 4. The number of hydrogen-bond donors (Lipinski definition) is 4. The number of halogens is 3. The van der Waals surface area contributed by atoms with Crippen LogP contribution in [0, 0.1) is 0 Å². The molecule has 0 unspecified atom stereocenters. The molecule has 2 aromatic carbocycles. The SMILES string of the molecule is CCN(CCNCCc1ccc(O)c2c1OCC(=O)N2)C(=O)CCOCCc1cccc(CCN2CC3(C2)CN(C(=O)c2csc(C(C)C)n2)CCO3)c1.O=C(O)C(F)(F)F. The standard InChI is InChI=1S/C40H54N6O7S.C2HF3O2/c1-4-45(17-15-41-14-10-31-8-9-33(47)36-37(31)52-23-34(48)43-36)35(49)13-20-51-19-12-30-7-5-6-29(22-30)11-16-44-25-40(26-44)27-46(18-21-53-40)39(50)32-24-54-38(42-32)28(2)3;3-2(4,5)1(6)7/h5-9,22,24,28,41,47H,4,10-21,23,25-27H2,1-3H3,(H,43,48);(H,6,7). The number of rotatable bonds is 18. The Kier molecular flexibility index (Phi) is 16.9. The van der Waals surface area contributed by atoms with Crippen LogP contribution in [0.5, 0.6) is 11.5 Å². The summed E-state index contributed by atoms with van der Waals surface area (Å²) in [5, 5.41) is 26.1. The van der Waals surface area contributed by atoms with Crippen LogP contribution >= 0.6 is 11.3 Å². The number of morpholine rings is 1. The molecule has 0 saturated carbocycles. The first-order valence-corrected chi connectivity index (χ1v) is 21.3. The first kappa shape index (κ1) is 47.2. The summed E-state index contributed by atoms with van der Waals surface area (Å²) in [6.07, 6.45) is -2.37. The number of ether oxygens (including phenoxy) is 3. The number of nitrogens with zero attached hydrogens (tertiary/aromatic N) is 4. The summed E-state index contributed by atoms with van der Waals surface area (Å²) in [5.74, 6) is -2.15. The average molecular weight is 877 g/mol. The van der Waals surface area contributed by atoms with E-state index in [1.807, 2.05) is 22.1 Å². The predicted molar refractivity (Wildman–Crippen MR) is 221 cm³/mol. The number of phenols is 1. The molecule has 1 aromatic heterocycles. The van der Waals surface area contributed by atoms with Crippen LogP contribution in [0.4, 0.5) is 18.9 Å². The van der Waals surface area contributed by atoms with Crippen molar-refractivity contribution in [3.63, 3.8) is 0 Å². The molecule has 0 atom stereocenters. The van der Waals surface area contributed by atoms with Crippen molar-refractivity contribution in [1.82, 2.24) is 25.0 Å². The normalized spacial score (nSPS) is 15.9. The molecule has 1 spiro atoms. The molecule has 2 saturated heterocycles. The summed E-state index contributed by atoms with van der Waals surface area (Å²) < 4.78 is 49.4. The Morgan fingerprint density at radius 2 is 1.82 bits per heavy atom. The zero-order valence-electron chi connectivity index (χ0n) is 34.7. The van der Waals surface area contributed by atoms with Crippen LogP contribution in [0.2, 0.25) is 0 Å². The number of fused-ring (bicyclic) bond motifs is 1. The number of carboxylic acids is 1. The predicted octanol–water partition coefficient (Wildman–Crippen LogP) is 4.34. The van der Waals surface area contributed by atoms with Gasteiger partial charge in [0.1, 0.15) is 22.7 Å². The van der Waals surface area contributed by atoms with Crippen LogP contribution in [0.1, 0.15) is 65.3 Å². The molecule has 4 heterocycles. The van der Waals surface area contributed by atoms with Crippen molar-refractivity contribution in [2.45, 2.75) is 64.1 Å². The number of carboxylic acid groups (broad SMARTS) is 1. The van der Waals surface area contributed by atoms with Crippen molar-refractivity contribution >= 4 is 40.7 Å². The van der Waals surface area contributed by atoms with Crippen LogP contribution in [-0.4, -0.2) is 151 Å². The van der Waals surface area contributed by atoms with Crippen molar-refractivity contribution in [3.8, 4) is 11.5 Å². The van der Waals surface area contributed by atoms with Gasteiger partial charge in [0, 0.05) is 57.1 Å². The van der Waals surface area contributed by atoms with Gasteiger partial charge in [0.25, 0.3) is 11.8 Å². The van der Waals surface area contributed by atoms with Gasteiger partial charge >= 0.3 is 12.1 Å². The monoisotopic (exact) mass is 876 g/mol. The number of anilines is 1. The first-order valence-electron chi connectivity index (χ1n) is 20.4. The lowest BCUT2D eigenvalue weighted by Gasteiger charge is -2.54. The number of benzene rings is 2. The van der Waals surface area contributed by atoms with Crippen LogP contribution in [0.15, 0.2) is 41.8 Å². The third kappa shape index (κ3) is 13.6. The minimum absolute atomic E-state index is 0.00716. The second-order valence-electron chi connectivity index (χ2n) is 15.4. The average Bonchev–Trinajstić information content (AvgIpc) is 3.72. The molecule has 3 aromatic rings. The number of aromatic nitrogens is 1. The summed E-state index contributed by atoms with van der Waals surface area (Å²) in [7, 11) is 0. The topological polar surface area (TPSA) is 183 Å². The minimum atomic E-state index is -5.08. The lowest BCUT2D eigenvalue weighted by atomic mass is 9.91. The van der Waals surface area contributed by atoms with Gasteiger partial charge in [-0.1, -0.05) is 44.2 Å². The second kappa shape index (κ2) is 21.8. The minimum Gasteiger partial charge on any atom is -0.506 e. The maximum absolute atomic E-state index is 13.2. The Balaban J connectivity index is 0.000000925. The number of likely N-dealkylation sites (N-methyl/N-ethyl adjacent to an activating group) is 1. The molecule has 15 nitrogen and oxygen atoms in total. The van der Waals surface area contributed by atoms with E-state index in [1.165, 1.54) is 11.1 Å². The molecular weight excluding hydrogens is 822 g/mol. The molecular formula is C42H55F3N6O9S. The Hall–Kier alpha value is -4.82. The quantitative estimate of drug-likeness (QED) is 0.105. The Bertz CT molecular complexity index is 1970. The largest absolute Gasteiger partial charge is 0.506 e. The van der Waals surface area contributed by atoms with Crippen LogP contribution in [-0.2, 0) is 43.1 Å². The highest BCUT2D eigenvalue weighted by atomic mass is 32.1. The van der Waals surface area contributed by atoms with E-state index in [-0.39, 0.29) is 35.7 Å². The number of aliphatic carboxylic acids is 1. The lowest BCUT2D eigenvalue weighted by Crippen LogP contribution is -2.70. The fourth-order valence-electron chi connectivity index (χ4n) is 7.22. The number of hydrogen-bond acceptors (Lipinski definition) is 12. The molecule has 6 rings (SSSR count). The molecule has 19 heteroatoms. The highest BCUT2D eigenvalue weighted by Crippen LogP contribution is 2.39. The zero-order chi connectivity index (χ0) is 44.2. The van der Waals surface area contributed by atoms with Gasteiger partial charge in [-0.2, -0.15) is 13.2 Å². The highest BCUT2D eigenvalue weighted by Gasteiger charge is 2.48. The zero-order valence-corrected chi connectivity index (χ0v) is 35.5. The molecule has 2 fully saturated rings. The van der Waals surface area contributed by atoms with Gasteiger partial charge in [-0.3, -0.25) is 19.3 Å². The maximum atomic E-state index is 13.2. The third-order valence-electron chi connectivity index (χ3n) is 10.4. The van der Waals surface area contributed by atoms with E-state index in [1.54, 1.807) is 23.5 Å². The number of nitrogens with one attached hydrogen (secondary N) is 2. The van der Waals surface area contributed by atoms with Crippen molar-refractivity contribution in [2.24, 2.45) is 0 Å². The molecule has 0 bridgehead atoms. The van der Waals surface area contributed by atoms with Crippen molar-refractivity contribution < 1.29 is 56.8 Å². The number of carbonyl (C=O) groups excluding carboxylic acids is 3. The molecule has 334 valence electrons. The maximum Gasteiger partial charge on any atom is 0.490 e. The third-order valence-corrected chi connectivity index (χ3v) is 11.6. The first-order chi connectivity index (χ1) is 29.1. The van der Waals surface area contributed by atoms with Crippen molar-refractivity contribution in [1.29, 1.82) is 0 Å². The highest BCUT2D eigenvalue weighted by molar-refractivity contribution is 7.09. The summed E-state index contributed by atoms with van der Waals surface area (Å²) in [6.45, 7) is 13.9. The molecule has 3 aliphatic rings. The van der Waals surface area contributed by atoms with E-state index < -0.39 is 12.1 Å². The molecule has 3 aliphatic heterocycles. The molecule has 0 radical (unpaired) electrons. The van der Waals surface area contributed by atoms with Crippen molar-refractivity contribution in [3.05, 3.63) is 69.2 Å². The van der Waals surface area contributed by atoms with E-state index in [2.05, 4.69) is 58.6 Å². The molecule has 0 aliphatic carbocycles. The summed E-state index contributed by atoms with van der Waals surface area (Å²) in [4.78, 5) is 57.3. The number of aromatic hydroxyl groups is 1. The summed E-state index contributed by atoms with van der Waals surface area (Å²) >= 11 is 1.56. The van der Waals surface area contributed by atoms with Crippen LogP contribution < -0.4 is 15.4 Å². The van der Waals surface area contributed by atoms with Gasteiger partial charge in [0.05, 0.1) is 37.8 Å². The number of phenolic OH excluding ortho intramolecular Hbond substituents is 1. The molecule has 3 amide bonds. The Labute approximate surface area is 357 Å². The van der Waals surface area contributed by atoms with Gasteiger partial charge in [-0.05, 0) is 55.5 Å². The Morgan fingerprint density at radius 3 is 2.51 bits per heavy atom. The van der Waals surface area contributed by atoms with Gasteiger partial charge in [0.2, 0.25) is 5.91 Å². The van der Waals surface area contributed by atoms with Gasteiger partial charge in [-0.15, -0.1) is 11.3 Å². The van der Waals surface area contributed by atoms with Gasteiger partial charge < -0.3 is 44.9 Å². The lowest BCUT2D eigenvalue weighted by molar-refractivity contribution is -0.192. The van der Waals surface area contributed by atoms with Crippen LogP contribution in [0.25, 0.3) is 0 Å². The molecule has 4 N–H and O–H groups in total. The van der Waals surface area contributed by atoms with E-state index in [0.29, 0.717) is 95.0 Å². The summed E-state index contributed by atoms with van der Waals surface area (Å²) in [6, 6.07) is 12.0.